The molecule has 2 heterocycles. The summed E-state index contributed by atoms with van der Waals surface area (Å²) in [6, 6.07) is 6.49. The molecule has 0 aliphatic carbocycles. The smallest absolute Gasteiger partial charge is 0.0968 e. The van der Waals surface area contributed by atoms with Gasteiger partial charge in [0, 0.05) is 18.0 Å². The average molecular weight is 246 g/mol. The average Bonchev–Trinajstić information content (AvgIpc) is 2.85. The van der Waals surface area contributed by atoms with Crippen molar-refractivity contribution in [3.05, 3.63) is 45.4 Å². The highest BCUT2D eigenvalue weighted by Gasteiger charge is 2.03. The Morgan fingerprint density at radius 3 is 3.06 bits per heavy atom. The minimum atomic E-state index is 0.907. The van der Waals surface area contributed by atoms with E-state index >= 15 is 0 Å². The van der Waals surface area contributed by atoms with Crippen LogP contribution in [0.2, 0.25) is 0 Å². The molecule has 4 heteroatoms. The van der Waals surface area contributed by atoms with E-state index in [1.54, 1.807) is 22.7 Å². The minimum absolute atomic E-state index is 0.907. The molecular formula is C12H10N2S2. The van der Waals surface area contributed by atoms with Gasteiger partial charge in [0.05, 0.1) is 20.2 Å². The van der Waals surface area contributed by atoms with E-state index in [0.29, 0.717) is 0 Å². The molecule has 2 nitrogen and oxygen atoms in total. The molecule has 0 saturated heterocycles. The van der Waals surface area contributed by atoms with Crippen LogP contribution in [0.15, 0.2) is 29.8 Å². The summed E-state index contributed by atoms with van der Waals surface area (Å²) in [6.45, 7) is 2.05. The van der Waals surface area contributed by atoms with Crippen LogP contribution in [0, 0.1) is 6.92 Å². The maximum atomic E-state index is 4.50. The summed E-state index contributed by atoms with van der Waals surface area (Å²) < 4.78 is 1.26. The van der Waals surface area contributed by atoms with Gasteiger partial charge in [-0.25, -0.2) is 9.97 Å². The molecule has 0 amide bonds. The molecule has 0 N–H and O–H groups in total. The van der Waals surface area contributed by atoms with Crippen molar-refractivity contribution in [2.24, 2.45) is 0 Å². The molecule has 16 heavy (non-hydrogen) atoms. The van der Waals surface area contributed by atoms with Gasteiger partial charge < -0.3 is 0 Å². The molecule has 0 bridgehead atoms. The van der Waals surface area contributed by atoms with Crippen LogP contribution in [0.25, 0.3) is 10.2 Å². The maximum absolute atomic E-state index is 4.50. The van der Waals surface area contributed by atoms with Crippen LogP contribution in [0.4, 0.5) is 0 Å². The van der Waals surface area contributed by atoms with E-state index in [1.165, 1.54) is 10.3 Å². The molecule has 0 radical (unpaired) electrons. The zero-order valence-corrected chi connectivity index (χ0v) is 10.4. The van der Waals surface area contributed by atoms with Gasteiger partial charge in [0.2, 0.25) is 0 Å². The molecular weight excluding hydrogens is 236 g/mol. The van der Waals surface area contributed by atoms with Gasteiger partial charge in [-0.15, -0.1) is 22.7 Å². The lowest BCUT2D eigenvalue weighted by Gasteiger charge is -1.97. The quantitative estimate of drug-likeness (QED) is 0.689. The van der Waals surface area contributed by atoms with Gasteiger partial charge in [-0.2, -0.15) is 0 Å². The summed E-state index contributed by atoms with van der Waals surface area (Å²) in [6.07, 6.45) is 2.76. The number of rotatable bonds is 2. The van der Waals surface area contributed by atoms with Gasteiger partial charge in [-0.05, 0) is 24.6 Å². The van der Waals surface area contributed by atoms with Gasteiger partial charge >= 0.3 is 0 Å². The Bertz CT molecular complexity index is 611. The second-order valence-corrected chi connectivity index (χ2v) is 5.85. The lowest BCUT2D eigenvalue weighted by atomic mass is 10.1. The Kier molecular flexibility index (Phi) is 2.46. The second-order valence-electron chi connectivity index (χ2n) is 3.64. The lowest BCUT2D eigenvalue weighted by Crippen LogP contribution is -1.86. The topological polar surface area (TPSA) is 25.8 Å². The summed E-state index contributed by atoms with van der Waals surface area (Å²) >= 11 is 3.44. The van der Waals surface area contributed by atoms with E-state index in [2.05, 4.69) is 28.2 Å². The van der Waals surface area contributed by atoms with E-state index < -0.39 is 0 Å². The Morgan fingerprint density at radius 1 is 1.31 bits per heavy atom. The monoisotopic (exact) mass is 246 g/mol. The predicted octanol–water partition coefficient (Wildman–Crippen LogP) is 3.65. The molecule has 0 unspecified atom stereocenters. The fraction of sp³-hybridized carbons (Fsp3) is 0.167. The van der Waals surface area contributed by atoms with Crippen LogP contribution in [-0.4, -0.2) is 9.97 Å². The summed E-state index contributed by atoms with van der Waals surface area (Å²) in [5.41, 5.74) is 2.39. The number of fused-ring (bicyclic) bond motifs is 1. The molecule has 0 aliphatic rings. The summed E-state index contributed by atoms with van der Waals surface area (Å²) in [5, 5.41) is 4.30. The SMILES string of the molecule is Cc1nc2cc(Cc3nccs3)ccc2s1. The Hall–Kier alpha value is -1.26. The largest absolute Gasteiger partial charge is 0.249 e. The van der Waals surface area contributed by atoms with Crippen LogP contribution < -0.4 is 0 Å². The molecule has 0 atom stereocenters. The van der Waals surface area contributed by atoms with Crippen molar-refractivity contribution in [3.8, 4) is 0 Å². The number of aromatic nitrogens is 2. The Labute approximate surface area is 102 Å². The fourth-order valence-electron chi connectivity index (χ4n) is 1.71. The highest BCUT2D eigenvalue weighted by molar-refractivity contribution is 7.18. The third kappa shape index (κ3) is 1.86. The van der Waals surface area contributed by atoms with E-state index in [4.69, 9.17) is 0 Å². The number of nitrogens with zero attached hydrogens (tertiary/aromatic N) is 2. The van der Waals surface area contributed by atoms with Gasteiger partial charge in [0.15, 0.2) is 0 Å². The number of aryl methyl sites for hydroxylation is 1. The van der Waals surface area contributed by atoms with Crippen LogP contribution >= 0.6 is 22.7 Å². The molecule has 0 saturated carbocycles. The van der Waals surface area contributed by atoms with Gasteiger partial charge in [0.25, 0.3) is 0 Å². The number of benzene rings is 1. The Balaban J connectivity index is 1.98. The Morgan fingerprint density at radius 2 is 2.25 bits per heavy atom. The van der Waals surface area contributed by atoms with Crippen molar-refractivity contribution < 1.29 is 0 Å². The van der Waals surface area contributed by atoms with Crippen molar-refractivity contribution in [1.82, 2.24) is 9.97 Å². The van der Waals surface area contributed by atoms with Crippen molar-refractivity contribution >= 4 is 32.9 Å². The fourth-order valence-corrected chi connectivity index (χ4v) is 3.17. The predicted molar refractivity (Wildman–Crippen MR) is 69.3 cm³/mol. The van der Waals surface area contributed by atoms with Crippen LogP contribution in [0.3, 0.4) is 0 Å². The normalized spacial score (nSPS) is 11.1. The van der Waals surface area contributed by atoms with Gasteiger partial charge in [-0.3, -0.25) is 0 Å². The molecule has 3 rings (SSSR count). The van der Waals surface area contributed by atoms with Crippen molar-refractivity contribution in [3.63, 3.8) is 0 Å². The number of hydrogen-bond acceptors (Lipinski definition) is 4. The first-order valence-electron chi connectivity index (χ1n) is 5.06. The van der Waals surface area contributed by atoms with E-state index in [1.807, 2.05) is 18.5 Å². The molecule has 2 aromatic heterocycles. The van der Waals surface area contributed by atoms with E-state index in [-0.39, 0.29) is 0 Å². The van der Waals surface area contributed by atoms with Gasteiger partial charge in [0.1, 0.15) is 0 Å². The van der Waals surface area contributed by atoms with Gasteiger partial charge in [-0.1, -0.05) is 6.07 Å². The van der Waals surface area contributed by atoms with Crippen LogP contribution in [-0.2, 0) is 6.42 Å². The molecule has 3 aromatic rings. The zero-order chi connectivity index (χ0) is 11.0. The zero-order valence-electron chi connectivity index (χ0n) is 8.80. The third-order valence-corrected chi connectivity index (χ3v) is 4.13. The van der Waals surface area contributed by atoms with Crippen molar-refractivity contribution in [2.75, 3.05) is 0 Å². The first-order valence-corrected chi connectivity index (χ1v) is 6.75. The highest BCUT2D eigenvalue weighted by atomic mass is 32.1. The van der Waals surface area contributed by atoms with Crippen LogP contribution in [0.5, 0.6) is 0 Å². The molecule has 0 spiro atoms. The van der Waals surface area contributed by atoms with Crippen LogP contribution in [0.1, 0.15) is 15.6 Å². The second kappa shape index (κ2) is 3.96. The minimum Gasteiger partial charge on any atom is -0.249 e. The number of hydrogen-bond donors (Lipinski definition) is 0. The first kappa shape index (κ1) is 9.93. The van der Waals surface area contributed by atoms with E-state index in [9.17, 15) is 0 Å². The third-order valence-electron chi connectivity index (χ3n) is 2.40. The summed E-state index contributed by atoms with van der Waals surface area (Å²) in [4.78, 5) is 8.80. The first-order chi connectivity index (χ1) is 7.81. The molecule has 0 fully saturated rings. The summed E-state index contributed by atoms with van der Waals surface area (Å²) in [7, 11) is 0. The number of thiazole rings is 2. The lowest BCUT2D eigenvalue weighted by molar-refractivity contribution is 1.14. The maximum Gasteiger partial charge on any atom is 0.0968 e. The standard InChI is InChI=1S/C12H10N2S2/c1-8-14-10-6-9(2-3-11(10)16-8)7-12-13-4-5-15-12/h2-6H,7H2,1H3. The van der Waals surface area contributed by atoms with Crippen molar-refractivity contribution in [2.45, 2.75) is 13.3 Å². The summed E-state index contributed by atoms with van der Waals surface area (Å²) in [5.74, 6) is 0. The molecule has 1 aromatic carbocycles. The van der Waals surface area contributed by atoms with E-state index in [0.717, 1.165) is 22.0 Å². The molecule has 0 aliphatic heterocycles. The molecule has 80 valence electrons. The highest BCUT2D eigenvalue weighted by Crippen LogP contribution is 2.23. The van der Waals surface area contributed by atoms with Crippen molar-refractivity contribution in [1.29, 1.82) is 0 Å².